The van der Waals surface area contributed by atoms with Crippen molar-refractivity contribution >= 4 is 0 Å². The lowest BCUT2D eigenvalue weighted by Gasteiger charge is -2.31. The van der Waals surface area contributed by atoms with E-state index in [1.807, 2.05) is 0 Å². The fourth-order valence-electron chi connectivity index (χ4n) is 3.00. The van der Waals surface area contributed by atoms with Gasteiger partial charge in [0, 0.05) is 0 Å². The van der Waals surface area contributed by atoms with E-state index in [1.165, 1.54) is 84.0 Å². The Balaban J connectivity index is 1.88. The number of unbranched alkanes of at least 4 members (excludes halogenated alkanes) is 6. The summed E-state index contributed by atoms with van der Waals surface area (Å²) in [5.74, 6) is 0.931. The lowest BCUT2D eigenvalue weighted by molar-refractivity contribution is 0.180. The third-order valence-corrected chi connectivity index (χ3v) is 4.28. The Morgan fingerprint density at radius 2 is 1.56 bits per heavy atom. The van der Waals surface area contributed by atoms with Gasteiger partial charge >= 0.3 is 0 Å². The zero-order valence-corrected chi connectivity index (χ0v) is 12.7. The minimum absolute atomic E-state index is 0.931. The number of hydrogen-bond acceptors (Lipinski definition) is 2. The van der Waals surface area contributed by atoms with Gasteiger partial charge in [0.15, 0.2) is 0 Å². The molecule has 0 aromatic carbocycles. The molecule has 1 saturated heterocycles. The van der Waals surface area contributed by atoms with Crippen molar-refractivity contribution in [1.82, 2.24) is 10.2 Å². The van der Waals surface area contributed by atoms with E-state index in [9.17, 15) is 0 Å². The van der Waals surface area contributed by atoms with Gasteiger partial charge < -0.3 is 10.2 Å². The highest BCUT2D eigenvalue weighted by atomic mass is 15.1. The van der Waals surface area contributed by atoms with Crippen molar-refractivity contribution in [2.75, 3.05) is 33.2 Å². The van der Waals surface area contributed by atoms with Crippen LogP contribution in [0.1, 0.15) is 64.7 Å². The monoisotopic (exact) mass is 254 g/mol. The van der Waals surface area contributed by atoms with Crippen LogP contribution >= 0.6 is 0 Å². The van der Waals surface area contributed by atoms with E-state index < -0.39 is 0 Å². The summed E-state index contributed by atoms with van der Waals surface area (Å²) in [6, 6.07) is 0. The van der Waals surface area contributed by atoms with Gasteiger partial charge in [-0.2, -0.15) is 0 Å². The van der Waals surface area contributed by atoms with Crippen molar-refractivity contribution in [1.29, 1.82) is 0 Å². The molecule has 108 valence electrons. The summed E-state index contributed by atoms with van der Waals surface area (Å²) in [5, 5.41) is 3.31. The van der Waals surface area contributed by atoms with Crippen LogP contribution in [-0.4, -0.2) is 38.1 Å². The van der Waals surface area contributed by atoms with Gasteiger partial charge in [-0.15, -0.1) is 0 Å². The molecule has 0 aliphatic carbocycles. The first-order valence-electron chi connectivity index (χ1n) is 8.23. The van der Waals surface area contributed by atoms with Crippen LogP contribution in [0.25, 0.3) is 0 Å². The Morgan fingerprint density at radius 1 is 0.944 bits per heavy atom. The average molecular weight is 254 g/mol. The van der Waals surface area contributed by atoms with Gasteiger partial charge in [-0.25, -0.2) is 0 Å². The molecular formula is C16H34N2. The smallest absolute Gasteiger partial charge is 0.00156 e. The van der Waals surface area contributed by atoms with Crippen molar-refractivity contribution in [3.8, 4) is 0 Å². The van der Waals surface area contributed by atoms with Crippen LogP contribution in [0.2, 0.25) is 0 Å². The molecule has 0 bridgehead atoms. The van der Waals surface area contributed by atoms with E-state index in [-0.39, 0.29) is 0 Å². The Labute approximate surface area is 115 Å². The maximum absolute atomic E-state index is 3.31. The van der Waals surface area contributed by atoms with Gasteiger partial charge in [-0.05, 0) is 58.4 Å². The minimum Gasteiger partial charge on any atom is -0.319 e. The highest BCUT2D eigenvalue weighted by Crippen LogP contribution is 2.17. The molecule has 0 saturated carbocycles. The second kappa shape index (κ2) is 10.8. The van der Waals surface area contributed by atoms with Crippen LogP contribution < -0.4 is 5.32 Å². The van der Waals surface area contributed by atoms with Crippen molar-refractivity contribution in [2.45, 2.75) is 64.7 Å². The summed E-state index contributed by atoms with van der Waals surface area (Å²) >= 11 is 0. The van der Waals surface area contributed by atoms with Gasteiger partial charge in [0.1, 0.15) is 0 Å². The number of hydrogen-bond donors (Lipinski definition) is 1. The molecule has 1 aliphatic heterocycles. The molecule has 0 aromatic heterocycles. The maximum Gasteiger partial charge on any atom is -0.00156 e. The third-order valence-electron chi connectivity index (χ3n) is 4.28. The van der Waals surface area contributed by atoms with Gasteiger partial charge in [-0.3, -0.25) is 0 Å². The van der Waals surface area contributed by atoms with Crippen LogP contribution in [0.3, 0.4) is 0 Å². The van der Waals surface area contributed by atoms with Crippen LogP contribution in [-0.2, 0) is 0 Å². The van der Waals surface area contributed by atoms with E-state index in [4.69, 9.17) is 0 Å². The Hall–Kier alpha value is -0.0800. The van der Waals surface area contributed by atoms with Gasteiger partial charge in [0.25, 0.3) is 0 Å². The first-order chi connectivity index (χ1) is 8.86. The number of nitrogens with one attached hydrogen (secondary N) is 1. The summed E-state index contributed by atoms with van der Waals surface area (Å²) < 4.78 is 0. The van der Waals surface area contributed by atoms with E-state index in [1.54, 1.807) is 0 Å². The van der Waals surface area contributed by atoms with Crippen LogP contribution in [0.4, 0.5) is 0 Å². The molecule has 0 radical (unpaired) electrons. The predicted octanol–water partition coefficient (Wildman–Crippen LogP) is 3.67. The van der Waals surface area contributed by atoms with Gasteiger partial charge in [0.05, 0.1) is 0 Å². The number of piperidine rings is 1. The number of likely N-dealkylation sites (tertiary alicyclic amines) is 1. The van der Waals surface area contributed by atoms with Gasteiger partial charge in [-0.1, -0.05) is 45.4 Å². The number of nitrogens with zero attached hydrogens (tertiary/aromatic N) is 1. The van der Waals surface area contributed by atoms with Crippen molar-refractivity contribution in [2.24, 2.45) is 5.92 Å². The lowest BCUT2D eigenvalue weighted by Crippen LogP contribution is -2.37. The Kier molecular flexibility index (Phi) is 9.59. The van der Waals surface area contributed by atoms with Crippen molar-refractivity contribution < 1.29 is 0 Å². The van der Waals surface area contributed by atoms with E-state index in [2.05, 4.69) is 24.2 Å². The largest absolute Gasteiger partial charge is 0.319 e. The normalized spacial score (nSPS) is 18.3. The molecule has 2 heteroatoms. The summed E-state index contributed by atoms with van der Waals surface area (Å²) in [6.45, 7) is 7.52. The van der Waals surface area contributed by atoms with Crippen LogP contribution in [0, 0.1) is 5.92 Å². The molecule has 0 atom stereocenters. The zero-order chi connectivity index (χ0) is 13.1. The first-order valence-corrected chi connectivity index (χ1v) is 8.23. The van der Waals surface area contributed by atoms with Crippen molar-refractivity contribution in [3.63, 3.8) is 0 Å². The van der Waals surface area contributed by atoms with E-state index in [0.29, 0.717) is 0 Å². The van der Waals surface area contributed by atoms with Crippen LogP contribution in [0.5, 0.6) is 0 Å². The summed E-state index contributed by atoms with van der Waals surface area (Å²) in [5.41, 5.74) is 0. The fourth-order valence-corrected chi connectivity index (χ4v) is 3.00. The molecule has 18 heavy (non-hydrogen) atoms. The maximum atomic E-state index is 3.31. The summed E-state index contributed by atoms with van der Waals surface area (Å²) in [7, 11) is 2.07. The molecule has 0 spiro atoms. The SMILES string of the molecule is CCCCCCCCCN1CCC(CNC)CC1. The molecule has 1 fully saturated rings. The molecule has 1 N–H and O–H groups in total. The Morgan fingerprint density at radius 3 is 2.17 bits per heavy atom. The van der Waals surface area contributed by atoms with Crippen LogP contribution in [0.15, 0.2) is 0 Å². The predicted molar refractivity (Wildman–Crippen MR) is 81.1 cm³/mol. The molecular weight excluding hydrogens is 220 g/mol. The second-order valence-electron chi connectivity index (χ2n) is 5.96. The first kappa shape index (κ1) is 16.0. The lowest BCUT2D eigenvalue weighted by atomic mass is 9.96. The standard InChI is InChI=1S/C16H34N2/c1-3-4-5-6-7-8-9-12-18-13-10-16(11-14-18)15-17-2/h16-17H,3-15H2,1-2H3. The minimum atomic E-state index is 0.931. The topological polar surface area (TPSA) is 15.3 Å². The Bertz CT molecular complexity index is 174. The quantitative estimate of drug-likeness (QED) is 0.598. The molecule has 0 aromatic rings. The molecule has 2 nitrogen and oxygen atoms in total. The molecule has 1 aliphatic rings. The van der Waals surface area contributed by atoms with Crippen molar-refractivity contribution in [3.05, 3.63) is 0 Å². The van der Waals surface area contributed by atoms with Gasteiger partial charge in [0.2, 0.25) is 0 Å². The molecule has 1 heterocycles. The number of rotatable bonds is 10. The molecule has 1 rings (SSSR count). The van der Waals surface area contributed by atoms with E-state index in [0.717, 1.165) is 5.92 Å². The van der Waals surface area contributed by atoms with E-state index >= 15 is 0 Å². The average Bonchev–Trinajstić information content (AvgIpc) is 2.40. The third kappa shape index (κ3) is 7.38. The highest BCUT2D eigenvalue weighted by molar-refractivity contribution is 4.73. The highest BCUT2D eigenvalue weighted by Gasteiger charge is 2.17. The summed E-state index contributed by atoms with van der Waals surface area (Å²) in [6.07, 6.45) is 12.8. The molecule has 0 unspecified atom stereocenters. The second-order valence-corrected chi connectivity index (χ2v) is 5.96. The molecule has 0 amide bonds. The zero-order valence-electron chi connectivity index (χ0n) is 12.7. The summed E-state index contributed by atoms with van der Waals surface area (Å²) in [4.78, 5) is 2.68. The fraction of sp³-hybridized carbons (Fsp3) is 1.00.